The lowest BCUT2D eigenvalue weighted by Gasteiger charge is -2.30. The number of hydrogen-bond acceptors (Lipinski definition) is 5. The molecule has 2 heterocycles. The van der Waals surface area contributed by atoms with Crippen molar-refractivity contribution in [2.75, 3.05) is 18.8 Å². The van der Waals surface area contributed by atoms with E-state index in [4.69, 9.17) is 18.0 Å². The Morgan fingerprint density at radius 3 is 2.89 bits per heavy atom. The minimum atomic E-state index is -3.39. The molecule has 106 valence electrons. The largest absolute Gasteiger partial charge is 0.389 e. The van der Waals surface area contributed by atoms with E-state index in [1.807, 2.05) is 11.8 Å². The highest BCUT2D eigenvalue weighted by molar-refractivity contribution is 8.00. The fourth-order valence-electron chi connectivity index (χ4n) is 1.88. The van der Waals surface area contributed by atoms with Gasteiger partial charge in [0.15, 0.2) is 0 Å². The molecule has 1 aliphatic rings. The standard InChI is InChI=1S/C11H16N2O2S4/c1-2-8-7-13(5-6-17-8)19(14,15)10-4-3-9(18-10)11(12)16/h3-4,8H,2,5-7H2,1H3,(H2,12,16). The average Bonchev–Trinajstić information content (AvgIpc) is 2.89. The summed E-state index contributed by atoms with van der Waals surface area (Å²) >= 11 is 7.86. The molecule has 2 N–H and O–H groups in total. The first-order chi connectivity index (χ1) is 8.95. The Morgan fingerprint density at radius 1 is 1.58 bits per heavy atom. The molecule has 1 aromatic rings. The van der Waals surface area contributed by atoms with E-state index in [1.54, 1.807) is 16.4 Å². The van der Waals surface area contributed by atoms with Gasteiger partial charge < -0.3 is 5.73 Å². The van der Waals surface area contributed by atoms with Crippen molar-refractivity contribution in [3.63, 3.8) is 0 Å². The minimum Gasteiger partial charge on any atom is -0.389 e. The van der Waals surface area contributed by atoms with Crippen LogP contribution < -0.4 is 5.73 Å². The Morgan fingerprint density at radius 2 is 2.32 bits per heavy atom. The Balaban J connectivity index is 2.23. The summed E-state index contributed by atoms with van der Waals surface area (Å²) in [5.41, 5.74) is 5.52. The second kappa shape index (κ2) is 6.09. The number of rotatable bonds is 4. The topological polar surface area (TPSA) is 63.4 Å². The zero-order valence-electron chi connectivity index (χ0n) is 10.5. The normalized spacial score (nSPS) is 21.4. The summed E-state index contributed by atoms with van der Waals surface area (Å²) in [6, 6.07) is 3.27. The number of thioether (sulfide) groups is 1. The van der Waals surface area contributed by atoms with Crippen LogP contribution in [-0.2, 0) is 10.0 Å². The van der Waals surface area contributed by atoms with Crippen LogP contribution in [0.1, 0.15) is 18.2 Å². The summed E-state index contributed by atoms with van der Waals surface area (Å²) in [6.45, 7) is 3.25. The van der Waals surface area contributed by atoms with Gasteiger partial charge in [-0.05, 0) is 18.6 Å². The van der Waals surface area contributed by atoms with Gasteiger partial charge in [-0.3, -0.25) is 0 Å². The molecular formula is C11H16N2O2S4. The lowest BCUT2D eigenvalue weighted by molar-refractivity contribution is 0.417. The third kappa shape index (κ3) is 3.30. The van der Waals surface area contributed by atoms with Crippen LogP contribution in [0.3, 0.4) is 0 Å². The van der Waals surface area contributed by atoms with Crippen LogP contribution >= 0.6 is 35.3 Å². The fourth-order valence-corrected chi connectivity index (χ4v) is 6.26. The SMILES string of the molecule is CCC1CN(S(=O)(=O)c2ccc(C(N)=S)s2)CCS1. The predicted molar refractivity (Wildman–Crippen MR) is 85.5 cm³/mol. The Labute approximate surface area is 127 Å². The van der Waals surface area contributed by atoms with Crippen molar-refractivity contribution in [1.29, 1.82) is 0 Å². The van der Waals surface area contributed by atoms with Crippen LogP contribution in [0.2, 0.25) is 0 Å². The van der Waals surface area contributed by atoms with Crippen LogP contribution in [-0.4, -0.2) is 41.8 Å². The van der Waals surface area contributed by atoms with Gasteiger partial charge in [0.05, 0.1) is 4.88 Å². The molecule has 0 amide bonds. The molecule has 0 aromatic carbocycles. The molecule has 8 heteroatoms. The number of nitrogens with two attached hydrogens (primary N) is 1. The van der Waals surface area contributed by atoms with Crippen LogP contribution in [0, 0.1) is 0 Å². The molecule has 1 aliphatic heterocycles. The van der Waals surface area contributed by atoms with Crippen molar-refractivity contribution in [1.82, 2.24) is 4.31 Å². The number of sulfonamides is 1. The zero-order chi connectivity index (χ0) is 14.0. The lowest BCUT2D eigenvalue weighted by Crippen LogP contribution is -2.41. The molecule has 2 rings (SSSR count). The van der Waals surface area contributed by atoms with E-state index in [0.29, 0.717) is 27.4 Å². The second-order valence-electron chi connectivity index (χ2n) is 4.25. The first-order valence-electron chi connectivity index (χ1n) is 5.96. The third-order valence-electron chi connectivity index (χ3n) is 2.98. The smallest absolute Gasteiger partial charge is 0.252 e. The van der Waals surface area contributed by atoms with E-state index >= 15 is 0 Å². The summed E-state index contributed by atoms with van der Waals surface area (Å²) in [7, 11) is -3.39. The number of thiocarbonyl (C=S) groups is 1. The van der Waals surface area contributed by atoms with Crippen molar-refractivity contribution in [3.05, 3.63) is 17.0 Å². The lowest BCUT2D eigenvalue weighted by atomic mass is 10.3. The Kier molecular flexibility index (Phi) is 4.88. The van der Waals surface area contributed by atoms with E-state index in [9.17, 15) is 8.42 Å². The molecule has 0 bridgehead atoms. The van der Waals surface area contributed by atoms with Crippen molar-refractivity contribution in [2.24, 2.45) is 5.73 Å². The highest BCUT2D eigenvalue weighted by Crippen LogP contribution is 2.29. The van der Waals surface area contributed by atoms with Gasteiger partial charge in [0.1, 0.15) is 9.20 Å². The average molecular weight is 337 g/mol. The van der Waals surface area contributed by atoms with Gasteiger partial charge in [0.25, 0.3) is 10.0 Å². The minimum absolute atomic E-state index is 0.243. The van der Waals surface area contributed by atoms with Crippen molar-refractivity contribution in [2.45, 2.75) is 22.8 Å². The van der Waals surface area contributed by atoms with Crippen LogP contribution in [0.4, 0.5) is 0 Å². The molecule has 0 aliphatic carbocycles. The van der Waals surface area contributed by atoms with Gasteiger partial charge in [-0.15, -0.1) is 11.3 Å². The molecule has 1 saturated heterocycles. The van der Waals surface area contributed by atoms with E-state index in [-0.39, 0.29) is 4.99 Å². The molecule has 1 unspecified atom stereocenters. The maximum atomic E-state index is 12.5. The molecule has 19 heavy (non-hydrogen) atoms. The first kappa shape index (κ1) is 15.2. The van der Waals surface area contributed by atoms with Gasteiger partial charge in [-0.2, -0.15) is 16.1 Å². The Hall–Kier alpha value is -0.150. The third-order valence-corrected chi connectivity index (χ3v) is 8.15. The second-order valence-corrected chi connectivity index (χ2v) is 9.34. The van der Waals surface area contributed by atoms with E-state index < -0.39 is 10.0 Å². The summed E-state index contributed by atoms with van der Waals surface area (Å²) in [5, 5.41) is 0.388. The molecular weight excluding hydrogens is 320 g/mol. The summed E-state index contributed by atoms with van der Waals surface area (Å²) in [5.74, 6) is 0.852. The quantitative estimate of drug-likeness (QED) is 0.851. The van der Waals surface area contributed by atoms with Crippen molar-refractivity contribution < 1.29 is 8.42 Å². The first-order valence-corrected chi connectivity index (χ1v) is 9.68. The van der Waals surface area contributed by atoms with Crippen LogP contribution in [0.15, 0.2) is 16.3 Å². The van der Waals surface area contributed by atoms with Crippen molar-refractivity contribution >= 4 is 50.3 Å². The van der Waals surface area contributed by atoms with E-state index in [2.05, 4.69) is 6.92 Å². The number of thiophene rings is 1. The van der Waals surface area contributed by atoms with E-state index in [1.165, 1.54) is 0 Å². The predicted octanol–water partition coefficient (Wildman–Crippen LogP) is 1.90. The van der Waals surface area contributed by atoms with Gasteiger partial charge in [-0.25, -0.2) is 8.42 Å². The molecule has 0 saturated carbocycles. The summed E-state index contributed by atoms with van der Waals surface area (Å²) in [4.78, 5) is 0.888. The van der Waals surface area contributed by atoms with E-state index in [0.717, 1.165) is 23.5 Å². The maximum absolute atomic E-state index is 12.5. The molecule has 0 radical (unpaired) electrons. The van der Waals surface area contributed by atoms with Gasteiger partial charge >= 0.3 is 0 Å². The number of hydrogen-bond donors (Lipinski definition) is 1. The zero-order valence-corrected chi connectivity index (χ0v) is 13.8. The summed E-state index contributed by atoms with van der Waals surface area (Å²) < 4.78 is 27.0. The Bertz CT molecular complexity index is 567. The molecule has 1 aromatic heterocycles. The number of nitrogens with zero attached hydrogens (tertiary/aromatic N) is 1. The van der Waals surface area contributed by atoms with Crippen molar-refractivity contribution in [3.8, 4) is 0 Å². The monoisotopic (exact) mass is 336 g/mol. The van der Waals surface area contributed by atoms with Crippen LogP contribution in [0.5, 0.6) is 0 Å². The highest BCUT2D eigenvalue weighted by atomic mass is 32.2. The van der Waals surface area contributed by atoms with Crippen LogP contribution in [0.25, 0.3) is 0 Å². The maximum Gasteiger partial charge on any atom is 0.252 e. The van der Waals surface area contributed by atoms with Gasteiger partial charge in [-0.1, -0.05) is 19.1 Å². The molecule has 4 nitrogen and oxygen atoms in total. The molecule has 1 fully saturated rings. The van der Waals surface area contributed by atoms with Gasteiger partial charge in [0.2, 0.25) is 0 Å². The highest BCUT2D eigenvalue weighted by Gasteiger charge is 2.31. The molecule has 0 spiro atoms. The molecule has 1 atom stereocenters. The summed E-state index contributed by atoms with van der Waals surface area (Å²) in [6.07, 6.45) is 0.985. The fraction of sp³-hybridized carbons (Fsp3) is 0.545. The van der Waals surface area contributed by atoms with Gasteiger partial charge in [0, 0.05) is 24.1 Å².